The lowest BCUT2D eigenvalue weighted by atomic mass is 9.88. The number of likely N-dealkylation sites (tertiary alicyclic amines) is 1. The smallest absolute Gasteiger partial charge is 0.475 e. The Kier molecular flexibility index (Phi) is 12.0. The zero-order valence-corrected chi connectivity index (χ0v) is 20.5. The molecular weight excluding hydrogens is 580 g/mol. The summed E-state index contributed by atoms with van der Waals surface area (Å²) >= 11 is 3.29. The molecule has 1 saturated heterocycles. The van der Waals surface area contributed by atoms with E-state index in [0.717, 1.165) is 30.5 Å². The summed E-state index contributed by atoms with van der Waals surface area (Å²) in [4.78, 5) is 36.4. The van der Waals surface area contributed by atoms with Crippen molar-refractivity contribution in [1.29, 1.82) is 0 Å². The lowest BCUT2D eigenvalue weighted by Crippen LogP contribution is -2.38. The average Bonchev–Trinajstić information content (AvgIpc) is 2.84. The molecule has 0 unspecified atom stereocenters. The van der Waals surface area contributed by atoms with Crippen LogP contribution >= 0.6 is 15.9 Å². The van der Waals surface area contributed by atoms with Crippen LogP contribution in [-0.2, 0) is 16.1 Å². The van der Waals surface area contributed by atoms with Crippen LogP contribution in [-0.4, -0.2) is 63.4 Å². The van der Waals surface area contributed by atoms with Crippen LogP contribution in [0.25, 0.3) is 0 Å². The third-order valence-corrected chi connectivity index (χ3v) is 5.37. The fourth-order valence-corrected chi connectivity index (χ4v) is 3.31. The molecule has 4 N–H and O–H groups in total. The van der Waals surface area contributed by atoms with Gasteiger partial charge in [-0.2, -0.15) is 26.3 Å². The molecule has 1 aromatic heterocycles. The van der Waals surface area contributed by atoms with E-state index in [1.807, 2.05) is 11.0 Å². The van der Waals surface area contributed by atoms with Crippen LogP contribution in [0.15, 0.2) is 47.2 Å². The highest BCUT2D eigenvalue weighted by molar-refractivity contribution is 9.10. The van der Waals surface area contributed by atoms with E-state index in [1.54, 1.807) is 12.3 Å². The number of piperidine rings is 1. The van der Waals surface area contributed by atoms with E-state index in [4.69, 9.17) is 25.5 Å². The molecule has 1 aliphatic heterocycles. The largest absolute Gasteiger partial charge is 0.490 e. The second-order valence-electron chi connectivity index (χ2n) is 7.49. The van der Waals surface area contributed by atoms with Crippen LogP contribution in [0.5, 0.6) is 0 Å². The number of amides is 1. The predicted molar refractivity (Wildman–Crippen MR) is 122 cm³/mol. The number of hydrogen-bond donors (Lipinski definition) is 3. The zero-order valence-electron chi connectivity index (χ0n) is 18.9. The first-order chi connectivity index (χ1) is 17.1. The van der Waals surface area contributed by atoms with Crippen LogP contribution in [0.4, 0.5) is 26.3 Å². The fourth-order valence-electron chi connectivity index (χ4n) is 3.07. The third-order valence-electron chi connectivity index (χ3n) is 4.90. The lowest BCUT2D eigenvalue weighted by Gasteiger charge is -2.32. The minimum atomic E-state index is -5.08. The van der Waals surface area contributed by atoms with Gasteiger partial charge >= 0.3 is 24.3 Å². The van der Waals surface area contributed by atoms with E-state index in [-0.39, 0.29) is 5.91 Å². The molecule has 3 rings (SSSR count). The van der Waals surface area contributed by atoms with Gasteiger partial charge in [-0.05, 0) is 57.9 Å². The molecule has 1 amide bonds. The number of halogens is 7. The number of hydrogen-bond acceptors (Lipinski definition) is 5. The topological polar surface area (TPSA) is 134 Å². The number of carbonyl (C=O) groups is 3. The van der Waals surface area contributed by atoms with Crippen molar-refractivity contribution in [2.24, 2.45) is 5.73 Å². The molecule has 1 fully saturated rings. The van der Waals surface area contributed by atoms with Crippen molar-refractivity contribution in [3.8, 4) is 0 Å². The van der Waals surface area contributed by atoms with Gasteiger partial charge in [-0.3, -0.25) is 4.79 Å². The molecule has 0 aliphatic carbocycles. The number of aromatic nitrogens is 1. The quantitative estimate of drug-likeness (QED) is 0.346. The van der Waals surface area contributed by atoms with Crippen molar-refractivity contribution < 1.29 is 50.9 Å². The molecule has 1 aliphatic rings. The van der Waals surface area contributed by atoms with Gasteiger partial charge in [0.15, 0.2) is 0 Å². The van der Waals surface area contributed by atoms with Gasteiger partial charge < -0.3 is 20.8 Å². The highest BCUT2D eigenvalue weighted by Crippen LogP contribution is 2.29. The van der Waals surface area contributed by atoms with E-state index in [9.17, 15) is 31.1 Å². The van der Waals surface area contributed by atoms with Gasteiger partial charge in [0.1, 0.15) is 4.60 Å². The summed E-state index contributed by atoms with van der Waals surface area (Å²) in [6.07, 6.45) is -6.56. The average molecular weight is 602 g/mol. The number of carboxylic acid groups (broad SMARTS) is 2. The Labute approximate surface area is 215 Å². The molecule has 0 bridgehead atoms. The monoisotopic (exact) mass is 601 g/mol. The number of rotatable bonds is 3. The Morgan fingerprint density at radius 3 is 1.89 bits per heavy atom. The third kappa shape index (κ3) is 11.2. The number of carboxylic acids is 2. The maximum absolute atomic E-state index is 12.5. The summed E-state index contributed by atoms with van der Waals surface area (Å²) in [5, 5.41) is 14.2. The number of nitrogens with two attached hydrogens (primary N) is 1. The minimum absolute atomic E-state index is 0.0687. The van der Waals surface area contributed by atoms with Crippen LogP contribution in [0.2, 0.25) is 0 Å². The Morgan fingerprint density at radius 2 is 1.49 bits per heavy atom. The summed E-state index contributed by atoms with van der Waals surface area (Å²) in [5.41, 5.74) is 8.88. The summed E-state index contributed by atoms with van der Waals surface area (Å²) < 4.78 is 64.2. The molecule has 2 aromatic rings. The molecule has 0 spiro atoms. The van der Waals surface area contributed by atoms with E-state index >= 15 is 0 Å². The van der Waals surface area contributed by atoms with E-state index in [2.05, 4.69) is 45.2 Å². The molecule has 0 radical (unpaired) electrons. The van der Waals surface area contributed by atoms with Gasteiger partial charge in [0.25, 0.3) is 5.91 Å². The molecule has 1 aromatic carbocycles. The molecule has 8 nitrogen and oxygen atoms in total. The van der Waals surface area contributed by atoms with Gasteiger partial charge in [-0.15, -0.1) is 0 Å². The Balaban J connectivity index is 0.000000404. The number of benzene rings is 1. The molecule has 37 heavy (non-hydrogen) atoms. The Hall–Kier alpha value is -3.20. The summed E-state index contributed by atoms with van der Waals surface area (Å²) in [7, 11) is 0. The summed E-state index contributed by atoms with van der Waals surface area (Å²) in [5.74, 6) is -4.94. The summed E-state index contributed by atoms with van der Waals surface area (Å²) in [6, 6.07) is 12.1. The van der Waals surface area contributed by atoms with Crippen molar-refractivity contribution in [3.05, 3.63) is 63.9 Å². The first kappa shape index (κ1) is 31.8. The number of alkyl halides is 6. The molecule has 15 heteroatoms. The zero-order chi connectivity index (χ0) is 28.4. The number of aliphatic carboxylic acids is 2. The first-order valence-corrected chi connectivity index (χ1v) is 11.2. The molecular formula is C22H22BrF6N3O5. The second-order valence-corrected chi connectivity index (χ2v) is 8.30. The van der Waals surface area contributed by atoms with Gasteiger partial charge in [0.05, 0.1) is 5.56 Å². The van der Waals surface area contributed by atoms with Crippen LogP contribution < -0.4 is 5.73 Å². The van der Waals surface area contributed by atoms with Crippen molar-refractivity contribution in [2.75, 3.05) is 13.1 Å². The number of carbonyl (C=O) groups excluding carboxylic acids is 1. The van der Waals surface area contributed by atoms with Crippen LogP contribution in [0.3, 0.4) is 0 Å². The van der Waals surface area contributed by atoms with Crippen molar-refractivity contribution in [1.82, 2.24) is 9.88 Å². The van der Waals surface area contributed by atoms with Crippen LogP contribution in [0.1, 0.15) is 40.2 Å². The molecule has 204 valence electrons. The van der Waals surface area contributed by atoms with E-state index < -0.39 is 24.3 Å². The van der Waals surface area contributed by atoms with Gasteiger partial charge in [-0.25, -0.2) is 14.6 Å². The van der Waals surface area contributed by atoms with Crippen molar-refractivity contribution in [2.45, 2.75) is 37.7 Å². The molecule has 2 heterocycles. The maximum atomic E-state index is 12.5. The highest BCUT2D eigenvalue weighted by atomic mass is 79.9. The van der Waals surface area contributed by atoms with Gasteiger partial charge in [0, 0.05) is 25.8 Å². The predicted octanol–water partition coefficient (Wildman–Crippen LogP) is 4.59. The number of pyridine rings is 1. The highest BCUT2D eigenvalue weighted by Gasteiger charge is 2.38. The standard InChI is InChI=1S/C18H20BrN3O.2C2HF3O2/c19-17-5-4-16(12-21-17)18(23)22-8-6-14(7-9-22)15-3-1-2-13(10-15)11-20;2*3-2(4,5)1(6)7/h1-5,10,12,14H,6-9,11,20H2;2*(H,6,7). The minimum Gasteiger partial charge on any atom is -0.475 e. The second kappa shape index (κ2) is 13.9. The molecule has 0 saturated carbocycles. The van der Waals surface area contributed by atoms with Crippen molar-refractivity contribution >= 4 is 33.8 Å². The van der Waals surface area contributed by atoms with E-state index in [1.165, 1.54) is 11.1 Å². The summed E-state index contributed by atoms with van der Waals surface area (Å²) in [6.45, 7) is 2.14. The Bertz CT molecular complexity index is 1030. The normalized spacial score (nSPS) is 14.0. The van der Waals surface area contributed by atoms with Gasteiger partial charge in [0.2, 0.25) is 0 Å². The first-order valence-electron chi connectivity index (χ1n) is 10.4. The molecule has 0 atom stereocenters. The van der Waals surface area contributed by atoms with Crippen molar-refractivity contribution in [3.63, 3.8) is 0 Å². The SMILES string of the molecule is NCc1cccc(C2CCN(C(=O)c3ccc(Br)nc3)CC2)c1.O=C(O)C(F)(F)F.O=C(O)C(F)(F)F. The fraction of sp³-hybridized carbons (Fsp3) is 0.364. The van der Waals surface area contributed by atoms with Crippen LogP contribution in [0, 0.1) is 0 Å². The number of nitrogens with zero attached hydrogens (tertiary/aromatic N) is 2. The Morgan fingerprint density at radius 1 is 0.973 bits per heavy atom. The van der Waals surface area contributed by atoms with E-state index in [0.29, 0.717) is 18.0 Å². The van der Waals surface area contributed by atoms with Gasteiger partial charge in [-0.1, -0.05) is 24.3 Å². The maximum Gasteiger partial charge on any atom is 0.490 e. The lowest BCUT2D eigenvalue weighted by molar-refractivity contribution is -0.193.